The van der Waals surface area contributed by atoms with Crippen molar-refractivity contribution in [3.8, 4) is 5.75 Å². The molecular weight excluding hydrogens is 493 g/mol. The van der Waals surface area contributed by atoms with E-state index in [-0.39, 0.29) is 17.5 Å². The number of halogens is 1. The van der Waals surface area contributed by atoms with E-state index in [1.807, 2.05) is 36.7 Å². The molecular formula is C32H34FN3O3. The second kappa shape index (κ2) is 12.6. The monoisotopic (exact) mass is 527 g/mol. The first-order chi connectivity index (χ1) is 19.0. The van der Waals surface area contributed by atoms with Crippen molar-refractivity contribution in [3.05, 3.63) is 120 Å². The number of ether oxygens (including phenoxy) is 1. The average molecular weight is 528 g/mol. The summed E-state index contributed by atoms with van der Waals surface area (Å²) < 4.78 is 18.8. The molecule has 5 rings (SSSR count). The van der Waals surface area contributed by atoms with Gasteiger partial charge in [-0.05, 0) is 79.7 Å². The number of phenolic OH excluding ortho intramolecular Hbond substituents is 1. The molecule has 1 amide bonds. The van der Waals surface area contributed by atoms with Gasteiger partial charge in [-0.3, -0.25) is 4.79 Å². The number of carbonyl (C=O) groups is 1. The number of nitrogens with one attached hydrogen (secondary N) is 1. The lowest BCUT2D eigenvalue weighted by molar-refractivity contribution is 0.0951. The zero-order valence-corrected chi connectivity index (χ0v) is 21.9. The van der Waals surface area contributed by atoms with Crippen molar-refractivity contribution in [2.75, 3.05) is 32.7 Å². The van der Waals surface area contributed by atoms with Crippen LogP contribution in [-0.2, 0) is 11.2 Å². The van der Waals surface area contributed by atoms with E-state index in [1.165, 1.54) is 12.1 Å². The van der Waals surface area contributed by atoms with Crippen molar-refractivity contribution in [3.63, 3.8) is 0 Å². The van der Waals surface area contributed by atoms with Gasteiger partial charge < -0.3 is 25.0 Å². The summed E-state index contributed by atoms with van der Waals surface area (Å²) in [6.45, 7) is 4.21. The predicted octanol–water partition coefficient (Wildman–Crippen LogP) is 5.49. The first-order valence-electron chi connectivity index (χ1n) is 13.5. The summed E-state index contributed by atoms with van der Waals surface area (Å²) in [5.41, 5.74) is 3.70. The number of phenols is 1. The Labute approximate surface area is 229 Å². The molecule has 2 heterocycles. The fraction of sp³-hybridized carbons (Fsp3) is 0.281. The van der Waals surface area contributed by atoms with Gasteiger partial charge in [0, 0.05) is 43.2 Å². The van der Waals surface area contributed by atoms with Gasteiger partial charge in [-0.25, -0.2) is 4.39 Å². The van der Waals surface area contributed by atoms with Crippen molar-refractivity contribution in [2.45, 2.75) is 25.2 Å². The Kier molecular flexibility index (Phi) is 8.58. The van der Waals surface area contributed by atoms with Crippen LogP contribution in [0.3, 0.4) is 0 Å². The van der Waals surface area contributed by atoms with Crippen LogP contribution < -0.4 is 5.32 Å². The lowest BCUT2D eigenvalue weighted by atomic mass is 9.86. The molecule has 3 aromatic rings. The van der Waals surface area contributed by atoms with Crippen LogP contribution in [0.25, 0.3) is 5.76 Å². The number of nitrogens with zero attached hydrogens (tertiary/aromatic N) is 2. The SMILES string of the molecule is O=C(NCCc1ccc(F)cc1)c1ccccc1C1CCN(CCN2C=COC(c3cccc(O)c3)=C2)CC1. The number of hydrogen-bond acceptors (Lipinski definition) is 5. The van der Waals surface area contributed by atoms with E-state index in [9.17, 15) is 14.3 Å². The summed E-state index contributed by atoms with van der Waals surface area (Å²) >= 11 is 0. The van der Waals surface area contributed by atoms with Crippen molar-refractivity contribution in [1.29, 1.82) is 0 Å². The second-order valence-corrected chi connectivity index (χ2v) is 10.0. The third kappa shape index (κ3) is 7.06. The fourth-order valence-electron chi connectivity index (χ4n) is 5.20. The number of aromatic hydroxyl groups is 1. The molecule has 2 aliphatic heterocycles. The van der Waals surface area contributed by atoms with E-state index >= 15 is 0 Å². The van der Waals surface area contributed by atoms with Gasteiger partial charge in [0.05, 0.1) is 0 Å². The number of carbonyl (C=O) groups excluding carboxylic acids is 1. The molecule has 2 aliphatic rings. The molecule has 0 spiro atoms. The van der Waals surface area contributed by atoms with Crippen LogP contribution in [0.4, 0.5) is 4.39 Å². The largest absolute Gasteiger partial charge is 0.508 e. The van der Waals surface area contributed by atoms with Gasteiger partial charge in [0.25, 0.3) is 5.91 Å². The molecule has 1 fully saturated rings. The van der Waals surface area contributed by atoms with Gasteiger partial charge in [-0.1, -0.05) is 42.5 Å². The normalized spacial score (nSPS) is 16.0. The van der Waals surface area contributed by atoms with Gasteiger partial charge >= 0.3 is 0 Å². The molecule has 202 valence electrons. The molecule has 0 radical (unpaired) electrons. The van der Waals surface area contributed by atoms with Crippen LogP contribution in [0, 0.1) is 5.82 Å². The Balaban J connectivity index is 1.11. The van der Waals surface area contributed by atoms with Crippen molar-refractivity contribution in [1.82, 2.24) is 15.1 Å². The summed E-state index contributed by atoms with van der Waals surface area (Å²) in [7, 11) is 0. The van der Waals surface area contributed by atoms with Gasteiger partial charge in [0.15, 0.2) is 0 Å². The van der Waals surface area contributed by atoms with E-state index in [4.69, 9.17) is 4.74 Å². The number of likely N-dealkylation sites (tertiary alicyclic amines) is 1. The number of rotatable bonds is 9. The number of amides is 1. The molecule has 0 unspecified atom stereocenters. The smallest absolute Gasteiger partial charge is 0.251 e. The van der Waals surface area contributed by atoms with Crippen LogP contribution in [-0.4, -0.2) is 53.5 Å². The molecule has 7 heteroatoms. The molecule has 0 bridgehead atoms. The van der Waals surface area contributed by atoms with E-state index in [0.29, 0.717) is 24.6 Å². The molecule has 3 aromatic carbocycles. The Morgan fingerprint density at radius 1 is 1.00 bits per heavy atom. The summed E-state index contributed by atoms with van der Waals surface area (Å²) in [5.74, 6) is 0.964. The molecule has 0 aliphatic carbocycles. The quantitative estimate of drug-likeness (QED) is 0.386. The first-order valence-corrected chi connectivity index (χ1v) is 13.5. The van der Waals surface area contributed by atoms with Crippen molar-refractivity contribution in [2.24, 2.45) is 0 Å². The zero-order chi connectivity index (χ0) is 27.0. The van der Waals surface area contributed by atoms with Crippen molar-refractivity contribution < 1.29 is 19.0 Å². The molecule has 1 saturated heterocycles. The van der Waals surface area contributed by atoms with Gasteiger partial charge in [0.2, 0.25) is 0 Å². The zero-order valence-electron chi connectivity index (χ0n) is 21.9. The van der Waals surface area contributed by atoms with Crippen LogP contribution in [0.2, 0.25) is 0 Å². The van der Waals surface area contributed by atoms with Gasteiger partial charge in [-0.15, -0.1) is 0 Å². The minimum absolute atomic E-state index is 0.0522. The minimum Gasteiger partial charge on any atom is -0.508 e. The topological polar surface area (TPSA) is 65.0 Å². The van der Waals surface area contributed by atoms with E-state index in [2.05, 4.69) is 21.2 Å². The lowest BCUT2D eigenvalue weighted by Crippen LogP contribution is -2.38. The van der Waals surface area contributed by atoms with Crippen LogP contribution >= 0.6 is 0 Å². The standard InChI is InChI=1S/C32H34FN3O3/c33-27-10-8-24(9-11-27)12-15-34-32(38)30-7-2-1-6-29(30)25-13-16-35(17-14-25)18-19-36-20-21-39-31(23-36)26-4-3-5-28(37)22-26/h1-11,20-23,25,37H,12-19H2,(H,34,38). The Morgan fingerprint density at radius 3 is 2.59 bits per heavy atom. The summed E-state index contributed by atoms with van der Waals surface area (Å²) in [6, 6.07) is 21.4. The van der Waals surface area contributed by atoms with E-state index in [0.717, 1.165) is 61.3 Å². The molecule has 6 nitrogen and oxygen atoms in total. The highest BCUT2D eigenvalue weighted by molar-refractivity contribution is 5.95. The maximum absolute atomic E-state index is 13.1. The molecule has 0 saturated carbocycles. The van der Waals surface area contributed by atoms with E-state index < -0.39 is 0 Å². The third-order valence-electron chi connectivity index (χ3n) is 7.38. The van der Waals surface area contributed by atoms with Crippen LogP contribution in [0.15, 0.2) is 91.5 Å². The maximum atomic E-state index is 13.1. The summed E-state index contributed by atoms with van der Waals surface area (Å²) in [5, 5.41) is 12.8. The van der Waals surface area contributed by atoms with E-state index in [1.54, 1.807) is 36.6 Å². The van der Waals surface area contributed by atoms with Crippen LogP contribution in [0.5, 0.6) is 5.75 Å². The van der Waals surface area contributed by atoms with Crippen LogP contribution in [0.1, 0.15) is 45.8 Å². The number of benzene rings is 3. The minimum atomic E-state index is -0.253. The highest BCUT2D eigenvalue weighted by Crippen LogP contribution is 2.31. The number of piperidine rings is 1. The molecule has 2 N–H and O–H groups in total. The highest BCUT2D eigenvalue weighted by Gasteiger charge is 2.24. The third-order valence-corrected chi connectivity index (χ3v) is 7.38. The Hall–Kier alpha value is -4.10. The first kappa shape index (κ1) is 26.5. The predicted molar refractivity (Wildman–Crippen MR) is 150 cm³/mol. The highest BCUT2D eigenvalue weighted by atomic mass is 19.1. The second-order valence-electron chi connectivity index (χ2n) is 10.0. The summed E-state index contributed by atoms with van der Waals surface area (Å²) in [6.07, 6.45) is 8.23. The van der Waals surface area contributed by atoms with Gasteiger partial charge in [0.1, 0.15) is 23.6 Å². The molecule has 0 atom stereocenters. The maximum Gasteiger partial charge on any atom is 0.251 e. The Bertz CT molecular complexity index is 1330. The summed E-state index contributed by atoms with van der Waals surface area (Å²) in [4.78, 5) is 17.6. The lowest BCUT2D eigenvalue weighted by Gasteiger charge is -2.34. The number of hydrogen-bond donors (Lipinski definition) is 2. The average Bonchev–Trinajstić information content (AvgIpc) is 2.97. The van der Waals surface area contributed by atoms with Crippen molar-refractivity contribution >= 4 is 11.7 Å². The van der Waals surface area contributed by atoms with Gasteiger partial charge in [-0.2, -0.15) is 0 Å². The molecule has 39 heavy (non-hydrogen) atoms. The fourth-order valence-corrected chi connectivity index (χ4v) is 5.20. The Morgan fingerprint density at radius 2 is 1.79 bits per heavy atom. The molecule has 0 aromatic heterocycles.